The number of hydrogen-bond donors (Lipinski definition) is 1. The molecule has 0 aromatic heterocycles. The average molecular weight is 262 g/mol. The van der Waals surface area contributed by atoms with Gasteiger partial charge in [0, 0.05) is 25.4 Å². The summed E-state index contributed by atoms with van der Waals surface area (Å²) in [6.07, 6.45) is 4.21. The van der Waals surface area contributed by atoms with Gasteiger partial charge in [0.05, 0.1) is 5.25 Å². The minimum Gasteiger partial charge on any atom is -0.311 e. The summed E-state index contributed by atoms with van der Waals surface area (Å²) in [5.74, 6) is 0. The van der Waals surface area contributed by atoms with Crippen molar-refractivity contribution in [3.63, 3.8) is 0 Å². The van der Waals surface area contributed by atoms with Crippen molar-refractivity contribution in [2.24, 2.45) is 0 Å². The Balaban J connectivity index is 2.36. The molecular formula is C12H26N2O2S. The summed E-state index contributed by atoms with van der Waals surface area (Å²) in [5.41, 5.74) is 0. The Bertz CT molecular complexity index is 312. The van der Waals surface area contributed by atoms with Crippen LogP contribution < -0.4 is 5.32 Å². The van der Waals surface area contributed by atoms with Gasteiger partial charge in [-0.25, -0.2) is 8.42 Å². The van der Waals surface area contributed by atoms with E-state index in [0.717, 1.165) is 45.4 Å². The molecule has 0 radical (unpaired) electrons. The van der Waals surface area contributed by atoms with E-state index in [-0.39, 0.29) is 11.3 Å². The maximum absolute atomic E-state index is 11.6. The highest BCUT2D eigenvalue weighted by Gasteiger charge is 2.34. The molecule has 0 spiro atoms. The quantitative estimate of drug-likeness (QED) is 0.740. The van der Waals surface area contributed by atoms with E-state index in [1.807, 2.05) is 0 Å². The van der Waals surface area contributed by atoms with Crippen molar-refractivity contribution in [3.8, 4) is 0 Å². The Labute approximate surface area is 106 Å². The van der Waals surface area contributed by atoms with Crippen molar-refractivity contribution in [3.05, 3.63) is 0 Å². The van der Waals surface area contributed by atoms with Gasteiger partial charge in [0.15, 0.2) is 9.84 Å². The van der Waals surface area contributed by atoms with Gasteiger partial charge in [0.25, 0.3) is 0 Å². The van der Waals surface area contributed by atoms with Gasteiger partial charge >= 0.3 is 0 Å². The zero-order chi connectivity index (χ0) is 12.9. The van der Waals surface area contributed by atoms with E-state index in [9.17, 15) is 8.42 Å². The molecule has 2 atom stereocenters. The number of likely N-dealkylation sites (N-methyl/N-ethyl adjacent to an activating group) is 1. The van der Waals surface area contributed by atoms with Gasteiger partial charge in [-0.3, -0.25) is 0 Å². The normalized spacial score (nSPS) is 25.6. The molecule has 1 aliphatic rings. The lowest BCUT2D eigenvalue weighted by atomic mass is 10.2. The second-order valence-corrected chi connectivity index (χ2v) is 7.15. The van der Waals surface area contributed by atoms with E-state index in [0.29, 0.717) is 0 Å². The average Bonchev–Trinajstić information content (AvgIpc) is 2.72. The van der Waals surface area contributed by atoms with Crippen LogP contribution >= 0.6 is 0 Å². The van der Waals surface area contributed by atoms with Crippen LogP contribution in [0.2, 0.25) is 0 Å². The molecule has 0 amide bonds. The molecule has 17 heavy (non-hydrogen) atoms. The standard InChI is InChI=1S/C12H26N2O2S/c1-4-14(5-2)10-9-13-11-7-6-8-12(11)17(3,15)16/h11-13H,4-10H2,1-3H3. The van der Waals surface area contributed by atoms with Gasteiger partial charge in [0.2, 0.25) is 0 Å². The first-order chi connectivity index (χ1) is 7.99. The van der Waals surface area contributed by atoms with Gasteiger partial charge in [-0.15, -0.1) is 0 Å². The van der Waals surface area contributed by atoms with Crippen molar-refractivity contribution in [2.45, 2.75) is 44.4 Å². The minimum atomic E-state index is -2.89. The molecule has 2 unspecified atom stereocenters. The lowest BCUT2D eigenvalue weighted by molar-refractivity contribution is 0.296. The summed E-state index contributed by atoms with van der Waals surface area (Å²) >= 11 is 0. The molecule has 1 saturated carbocycles. The molecule has 0 saturated heterocycles. The van der Waals surface area contributed by atoms with Crippen molar-refractivity contribution in [1.29, 1.82) is 0 Å². The van der Waals surface area contributed by atoms with Crippen molar-refractivity contribution >= 4 is 9.84 Å². The maximum Gasteiger partial charge on any atom is 0.151 e. The first kappa shape index (κ1) is 14.9. The Morgan fingerprint density at radius 3 is 2.41 bits per heavy atom. The Hall–Kier alpha value is -0.130. The minimum absolute atomic E-state index is 0.167. The van der Waals surface area contributed by atoms with Crippen LogP contribution in [-0.2, 0) is 9.84 Å². The topological polar surface area (TPSA) is 49.4 Å². The number of sulfone groups is 1. The zero-order valence-electron chi connectivity index (χ0n) is 11.3. The third-order valence-corrected chi connectivity index (χ3v) is 5.40. The third-order valence-electron chi connectivity index (χ3n) is 3.73. The van der Waals surface area contributed by atoms with E-state index in [1.54, 1.807) is 0 Å². The fraction of sp³-hybridized carbons (Fsp3) is 1.00. The monoisotopic (exact) mass is 262 g/mol. The van der Waals surface area contributed by atoms with Crippen LogP contribution in [0.4, 0.5) is 0 Å². The van der Waals surface area contributed by atoms with E-state index >= 15 is 0 Å². The first-order valence-electron chi connectivity index (χ1n) is 6.63. The first-order valence-corrected chi connectivity index (χ1v) is 8.59. The molecule has 1 fully saturated rings. The molecule has 0 aromatic rings. The Kier molecular flexibility index (Phi) is 5.89. The van der Waals surface area contributed by atoms with E-state index in [2.05, 4.69) is 24.1 Å². The zero-order valence-corrected chi connectivity index (χ0v) is 12.1. The molecular weight excluding hydrogens is 236 g/mol. The predicted octanol–water partition coefficient (Wildman–Crippen LogP) is 0.884. The number of nitrogens with one attached hydrogen (secondary N) is 1. The van der Waals surface area contributed by atoms with E-state index in [4.69, 9.17) is 0 Å². The molecule has 0 aromatic carbocycles. The fourth-order valence-electron chi connectivity index (χ4n) is 2.62. The predicted molar refractivity (Wildman–Crippen MR) is 72.1 cm³/mol. The van der Waals surface area contributed by atoms with E-state index in [1.165, 1.54) is 6.26 Å². The summed E-state index contributed by atoms with van der Waals surface area (Å²) in [7, 11) is -2.89. The highest BCUT2D eigenvalue weighted by molar-refractivity contribution is 7.91. The van der Waals surface area contributed by atoms with E-state index < -0.39 is 9.84 Å². The lowest BCUT2D eigenvalue weighted by Crippen LogP contribution is -2.43. The number of rotatable bonds is 7. The van der Waals surface area contributed by atoms with Crippen molar-refractivity contribution < 1.29 is 8.42 Å². The Morgan fingerprint density at radius 2 is 1.88 bits per heavy atom. The highest BCUT2D eigenvalue weighted by Crippen LogP contribution is 2.24. The smallest absolute Gasteiger partial charge is 0.151 e. The lowest BCUT2D eigenvalue weighted by Gasteiger charge is -2.23. The number of nitrogens with zero attached hydrogens (tertiary/aromatic N) is 1. The molecule has 1 aliphatic carbocycles. The molecule has 0 aliphatic heterocycles. The van der Waals surface area contributed by atoms with Crippen molar-refractivity contribution in [2.75, 3.05) is 32.4 Å². The van der Waals surface area contributed by atoms with Crippen LogP contribution in [-0.4, -0.2) is 57.0 Å². The Morgan fingerprint density at radius 1 is 1.24 bits per heavy atom. The molecule has 5 heteroatoms. The van der Waals surface area contributed by atoms with Crippen LogP contribution in [0.15, 0.2) is 0 Å². The van der Waals surface area contributed by atoms with Gasteiger partial charge in [-0.1, -0.05) is 20.3 Å². The largest absolute Gasteiger partial charge is 0.311 e. The van der Waals surface area contributed by atoms with Gasteiger partial charge < -0.3 is 10.2 Å². The maximum atomic E-state index is 11.6. The molecule has 0 heterocycles. The van der Waals surface area contributed by atoms with Crippen LogP contribution in [0.25, 0.3) is 0 Å². The summed E-state index contributed by atoms with van der Waals surface area (Å²) in [6.45, 7) is 8.30. The second-order valence-electron chi connectivity index (χ2n) is 4.89. The van der Waals surface area contributed by atoms with Crippen LogP contribution in [0, 0.1) is 0 Å². The highest BCUT2D eigenvalue weighted by atomic mass is 32.2. The van der Waals surface area contributed by atoms with Gasteiger partial charge in [-0.05, 0) is 25.9 Å². The number of hydrogen-bond acceptors (Lipinski definition) is 4. The summed E-state index contributed by atoms with van der Waals surface area (Å²) in [4.78, 5) is 2.34. The van der Waals surface area contributed by atoms with Crippen LogP contribution in [0.1, 0.15) is 33.1 Å². The van der Waals surface area contributed by atoms with Crippen molar-refractivity contribution in [1.82, 2.24) is 10.2 Å². The molecule has 1 rings (SSSR count). The van der Waals surface area contributed by atoms with Crippen LogP contribution in [0.3, 0.4) is 0 Å². The summed E-state index contributed by atoms with van der Waals surface area (Å²) in [6, 6.07) is 0.167. The SMILES string of the molecule is CCN(CC)CCNC1CCCC1S(C)(=O)=O. The molecule has 1 N–H and O–H groups in total. The molecule has 0 bridgehead atoms. The summed E-state index contributed by atoms with van der Waals surface area (Å²) in [5, 5.41) is 3.25. The fourth-order valence-corrected chi connectivity index (χ4v) is 4.04. The van der Waals surface area contributed by atoms with Crippen LogP contribution in [0.5, 0.6) is 0 Å². The van der Waals surface area contributed by atoms with Gasteiger partial charge in [0.1, 0.15) is 0 Å². The molecule has 4 nitrogen and oxygen atoms in total. The molecule has 102 valence electrons. The summed E-state index contributed by atoms with van der Waals surface area (Å²) < 4.78 is 23.2. The third kappa shape index (κ3) is 4.56. The second kappa shape index (κ2) is 6.71. The van der Waals surface area contributed by atoms with Gasteiger partial charge in [-0.2, -0.15) is 0 Å².